The first-order valence-corrected chi connectivity index (χ1v) is 5.15. The van der Waals surface area contributed by atoms with E-state index in [1.807, 2.05) is 4.90 Å². The average molecular weight is 210 g/mol. The molecule has 0 aliphatic carbocycles. The Labute approximate surface area is 88.3 Å². The van der Waals surface area contributed by atoms with Crippen molar-refractivity contribution in [3.8, 4) is 0 Å². The maximum atomic E-state index is 13.1. The molecule has 1 aliphatic heterocycles. The van der Waals surface area contributed by atoms with E-state index in [1.165, 1.54) is 12.1 Å². The molecule has 0 bridgehead atoms. The number of rotatable bonds is 1. The molecule has 3 N–H and O–H groups in total. The molecule has 2 rings (SSSR count). The number of hydrogen-bond donors (Lipinski definition) is 2. The molecule has 0 amide bonds. The predicted molar refractivity (Wildman–Crippen MR) is 58.3 cm³/mol. The van der Waals surface area contributed by atoms with Crippen LogP contribution in [-0.2, 0) is 0 Å². The number of aliphatic hydroxyl groups excluding tert-OH is 1. The zero-order valence-electron chi connectivity index (χ0n) is 8.49. The number of halogens is 1. The molecule has 1 atom stereocenters. The molecule has 1 aromatic rings. The molecule has 1 aliphatic rings. The second-order valence-electron chi connectivity index (χ2n) is 3.95. The summed E-state index contributed by atoms with van der Waals surface area (Å²) in [5, 5.41) is 9.52. The number of nitrogens with zero attached hydrogens (tertiary/aromatic N) is 1. The van der Waals surface area contributed by atoms with Crippen molar-refractivity contribution in [2.24, 2.45) is 0 Å². The van der Waals surface area contributed by atoms with Gasteiger partial charge in [0.05, 0.1) is 17.5 Å². The third-order valence-electron chi connectivity index (χ3n) is 2.73. The Morgan fingerprint density at radius 3 is 3.00 bits per heavy atom. The third-order valence-corrected chi connectivity index (χ3v) is 2.73. The zero-order chi connectivity index (χ0) is 10.8. The number of piperidine rings is 1. The van der Waals surface area contributed by atoms with Gasteiger partial charge in [0, 0.05) is 13.1 Å². The third kappa shape index (κ3) is 2.21. The van der Waals surface area contributed by atoms with E-state index in [0.717, 1.165) is 19.4 Å². The summed E-state index contributed by atoms with van der Waals surface area (Å²) in [5.41, 5.74) is 7.03. The Balaban J connectivity index is 2.24. The van der Waals surface area contributed by atoms with Gasteiger partial charge in [-0.2, -0.15) is 0 Å². The van der Waals surface area contributed by atoms with Crippen LogP contribution in [0.4, 0.5) is 15.8 Å². The van der Waals surface area contributed by atoms with Gasteiger partial charge in [-0.25, -0.2) is 4.39 Å². The number of anilines is 2. The lowest BCUT2D eigenvalue weighted by Crippen LogP contribution is -2.38. The largest absolute Gasteiger partial charge is 0.397 e. The Kier molecular flexibility index (Phi) is 2.77. The maximum absolute atomic E-state index is 13.1. The molecule has 1 aromatic carbocycles. The van der Waals surface area contributed by atoms with Gasteiger partial charge >= 0.3 is 0 Å². The van der Waals surface area contributed by atoms with Crippen LogP contribution in [0.3, 0.4) is 0 Å². The SMILES string of the molecule is Nc1ccc(F)cc1N1CCC[C@H](O)C1. The van der Waals surface area contributed by atoms with E-state index in [0.29, 0.717) is 17.9 Å². The fourth-order valence-electron chi connectivity index (χ4n) is 1.96. The minimum Gasteiger partial charge on any atom is -0.397 e. The lowest BCUT2D eigenvalue weighted by Gasteiger charge is -2.32. The number of nitrogen functional groups attached to an aromatic ring is 1. The molecule has 0 radical (unpaired) electrons. The van der Waals surface area contributed by atoms with Gasteiger partial charge < -0.3 is 15.7 Å². The van der Waals surface area contributed by atoms with Crippen molar-refractivity contribution in [2.75, 3.05) is 23.7 Å². The Morgan fingerprint density at radius 2 is 2.27 bits per heavy atom. The van der Waals surface area contributed by atoms with Crippen molar-refractivity contribution in [1.82, 2.24) is 0 Å². The van der Waals surface area contributed by atoms with Crippen LogP contribution >= 0.6 is 0 Å². The topological polar surface area (TPSA) is 49.5 Å². The van der Waals surface area contributed by atoms with Crippen LogP contribution < -0.4 is 10.6 Å². The summed E-state index contributed by atoms with van der Waals surface area (Å²) in [7, 11) is 0. The van der Waals surface area contributed by atoms with E-state index >= 15 is 0 Å². The van der Waals surface area contributed by atoms with Crippen molar-refractivity contribution in [3.63, 3.8) is 0 Å². The highest BCUT2D eigenvalue weighted by molar-refractivity contribution is 5.67. The van der Waals surface area contributed by atoms with Gasteiger partial charge in [-0.3, -0.25) is 0 Å². The summed E-state index contributed by atoms with van der Waals surface area (Å²) in [4.78, 5) is 1.94. The molecular weight excluding hydrogens is 195 g/mol. The highest BCUT2D eigenvalue weighted by Crippen LogP contribution is 2.26. The molecule has 4 heteroatoms. The van der Waals surface area contributed by atoms with E-state index in [4.69, 9.17) is 5.73 Å². The highest BCUT2D eigenvalue weighted by Gasteiger charge is 2.19. The number of benzene rings is 1. The number of β-amino-alcohol motifs (C(OH)–C–C–N with tert-alkyl or cyclic N) is 1. The first-order valence-electron chi connectivity index (χ1n) is 5.15. The molecule has 1 heterocycles. The van der Waals surface area contributed by atoms with Crippen molar-refractivity contribution in [3.05, 3.63) is 24.0 Å². The normalized spacial score (nSPS) is 21.7. The van der Waals surface area contributed by atoms with Crippen LogP contribution in [0.25, 0.3) is 0 Å². The van der Waals surface area contributed by atoms with Crippen LogP contribution in [0.5, 0.6) is 0 Å². The smallest absolute Gasteiger partial charge is 0.125 e. The van der Waals surface area contributed by atoms with E-state index in [9.17, 15) is 9.50 Å². The summed E-state index contributed by atoms with van der Waals surface area (Å²) in [6, 6.07) is 4.33. The summed E-state index contributed by atoms with van der Waals surface area (Å²) in [5.74, 6) is -0.292. The van der Waals surface area contributed by atoms with Crippen molar-refractivity contribution < 1.29 is 9.50 Å². The number of aliphatic hydroxyl groups is 1. The van der Waals surface area contributed by atoms with Crippen LogP contribution in [0.1, 0.15) is 12.8 Å². The van der Waals surface area contributed by atoms with Gasteiger partial charge in [0.15, 0.2) is 0 Å². The quantitative estimate of drug-likeness (QED) is 0.688. The molecule has 1 saturated heterocycles. The molecular formula is C11H15FN2O. The molecule has 0 unspecified atom stereocenters. The van der Waals surface area contributed by atoms with Crippen LogP contribution in [0, 0.1) is 5.82 Å². The minimum absolute atomic E-state index is 0.292. The predicted octanol–water partition coefficient (Wildman–Crippen LogP) is 1.37. The van der Waals surface area contributed by atoms with Gasteiger partial charge in [0.1, 0.15) is 5.82 Å². The van der Waals surface area contributed by atoms with Crippen LogP contribution in [-0.4, -0.2) is 24.3 Å². The van der Waals surface area contributed by atoms with Crippen molar-refractivity contribution in [2.45, 2.75) is 18.9 Å². The van der Waals surface area contributed by atoms with E-state index in [1.54, 1.807) is 6.07 Å². The first-order chi connectivity index (χ1) is 7.16. The Bertz CT molecular complexity index is 356. The Morgan fingerprint density at radius 1 is 1.47 bits per heavy atom. The van der Waals surface area contributed by atoms with E-state index < -0.39 is 0 Å². The van der Waals surface area contributed by atoms with E-state index in [2.05, 4.69) is 0 Å². The van der Waals surface area contributed by atoms with Crippen molar-refractivity contribution in [1.29, 1.82) is 0 Å². The zero-order valence-corrected chi connectivity index (χ0v) is 8.49. The molecule has 3 nitrogen and oxygen atoms in total. The standard InChI is InChI=1S/C11H15FN2O/c12-8-3-4-10(13)11(6-8)14-5-1-2-9(15)7-14/h3-4,6,9,15H,1-2,5,7,13H2/t9-/m0/s1. The lowest BCUT2D eigenvalue weighted by atomic mass is 10.1. The summed E-state index contributed by atoms with van der Waals surface area (Å²) < 4.78 is 13.1. The molecule has 1 fully saturated rings. The number of nitrogens with two attached hydrogens (primary N) is 1. The second-order valence-corrected chi connectivity index (χ2v) is 3.95. The van der Waals surface area contributed by atoms with Crippen LogP contribution in [0.2, 0.25) is 0 Å². The lowest BCUT2D eigenvalue weighted by molar-refractivity contribution is 0.154. The molecule has 0 saturated carbocycles. The Hall–Kier alpha value is -1.29. The van der Waals surface area contributed by atoms with Crippen molar-refractivity contribution >= 4 is 11.4 Å². The fraction of sp³-hybridized carbons (Fsp3) is 0.455. The van der Waals surface area contributed by atoms with E-state index in [-0.39, 0.29) is 11.9 Å². The van der Waals surface area contributed by atoms with Gasteiger partial charge in [-0.15, -0.1) is 0 Å². The molecule has 0 spiro atoms. The monoisotopic (exact) mass is 210 g/mol. The molecule has 0 aromatic heterocycles. The van der Waals surface area contributed by atoms with Gasteiger partial charge in [0.25, 0.3) is 0 Å². The maximum Gasteiger partial charge on any atom is 0.125 e. The van der Waals surface area contributed by atoms with Crippen LogP contribution in [0.15, 0.2) is 18.2 Å². The second kappa shape index (κ2) is 4.06. The summed E-state index contributed by atoms with van der Waals surface area (Å²) in [6.07, 6.45) is 1.39. The van der Waals surface area contributed by atoms with Gasteiger partial charge in [-0.1, -0.05) is 0 Å². The van der Waals surface area contributed by atoms with Gasteiger partial charge in [-0.05, 0) is 31.0 Å². The average Bonchev–Trinajstić information content (AvgIpc) is 2.22. The number of hydrogen-bond acceptors (Lipinski definition) is 3. The minimum atomic E-state index is -0.332. The summed E-state index contributed by atoms with van der Waals surface area (Å²) >= 11 is 0. The summed E-state index contributed by atoms with van der Waals surface area (Å²) in [6.45, 7) is 1.36. The first kappa shape index (κ1) is 10.2. The highest BCUT2D eigenvalue weighted by atomic mass is 19.1. The van der Waals surface area contributed by atoms with Gasteiger partial charge in [0.2, 0.25) is 0 Å². The fourth-order valence-corrected chi connectivity index (χ4v) is 1.96. The molecule has 15 heavy (non-hydrogen) atoms. The molecule has 82 valence electrons.